The molecule has 0 radical (unpaired) electrons. The smallest absolute Gasteiger partial charge is 0.141 e. The van der Waals surface area contributed by atoms with Crippen LogP contribution in [-0.4, -0.2) is 18.0 Å². The lowest BCUT2D eigenvalue weighted by molar-refractivity contribution is 0.305. The van der Waals surface area contributed by atoms with Crippen molar-refractivity contribution in [2.75, 3.05) is 6.61 Å². The molecule has 0 amide bonds. The molecule has 1 aromatic carbocycles. The van der Waals surface area contributed by atoms with Crippen molar-refractivity contribution in [2.45, 2.75) is 19.8 Å². The van der Waals surface area contributed by atoms with Crippen LogP contribution in [0.3, 0.4) is 0 Å². The number of ether oxygens (including phenoxy) is 1. The topological polar surface area (TPSA) is 41.8 Å². The molecule has 0 unspecified atom stereocenters. The van der Waals surface area contributed by atoms with Gasteiger partial charge in [-0.15, -0.1) is 0 Å². The van der Waals surface area contributed by atoms with E-state index in [-0.39, 0.29) is 0 Å². The minimum Gasteiger partial charge on any atom is -0.492 e. The Kier molecular flexibility index (Phi) is 6.12. The van der Waals surface area contributed by atoms with Gasteiger partial charge < -0.3 is 9.94 Å². The monoisotopic (exact) mass is 397 g/mol. The number of benzene rings is 1. The van der Waals surface area contributed by atoms with Gasteiger partial charge in [-0.25, -0.2) is 0 Å². The molecule has 88 valence electrons. The Morgan fingerprint density at radius 2 is 2.31 bits per heavy atom. The van der Waals surface area contributed by atoms with Crippen LogP contribution in [0, 0.1) is 3.57 Å². The van der Waals surface area contributed by atoms with Crippen molar-refractivity contribution < 1.29 is 9.94 Å². The van der Waals surface area contributed by atoms with Crippen LogP contribution in [0.4, 0.5) is 0 Å². The van der Waals surface area contributed by atoms with Crippen LogP contribution in [0.25, 0.3) is 0 Å². The fraction of sp³-hybridized carbons (Fsp3) is 0.364. The number of hydrogen-bond donors (Lipinski definition) is 1. The molecule has 3 nitrogen and oxygen atoms in total. The number of oxime groups is 1. The van der Waals surface area contributed by atoms with Crippen LogP contribution in [0.15, 0.2) is 21.8 Å². The minimum absolute atomic E-state index is 0.681. The second-order valence-electron chi connectivity index (χ2n) is 3.25. The maximum absolute atomic E-state index is 8.59. The van der Waals surface area contributed by atoms with Gasteiger partial charge in [0.15, 0.2) is 0 Å². The summed E-state index contributed by atoms with van der Waals surface area (Å²) in [6.45, 7) is 2.80. The molecule has 1 N–H and O–H groups in total. The van der Waals surface area contributed by atoms with E-state index >= 15 is 0 Å². The molecule has 5 heteroatoms. The zero-order valence-electron chi connectivity index (χ0n) is 8.91. The van der Waals surface area contributed by atoms with Gasteiger partial charge in [0.25, 0.3) is 0 Å². The fourth-order valence-electron chi connectivity index (χ4n) is 1.21. The average Bonchev–Trinajstić information content (AvgIpc) is 2.22. The third-order valence-electron chi connectivity index (χ3n) is 1.98. The van der Waals surface area contributed by atoms with Gasteiger partial charge in [0, 0.05) is 10.0 Å². The molecule has 1 aromatic rings. The van der Waals surface area contributed by atoms with Gasteiger partial charge in [-0.2, -0.15) is 0 Å². The van der Waals surface area contributed by atoms with Crippen molar-refractivity contribution in [1.29, 1.82) is 0 Å². The van der Waals surface area contributed by atoms with Crippen molar-refractivity contribution in [3.8, 4) is 5.75 Å². The fourth-order valence-corrected chi connectivity index (χ4v) is 2.92. The summed E-state index contributed by atoms with van der Waals surface area (Å²) < 4.78 is 7.62. The minimum atomic E-state index is 0.681. The lowest BCUT2D eigenvalue weighted by Gasteiger charge is -2.11. The Morgan fingerprint density at radius 1 is 1.56 bits per heavy atom. The predicted octanol–water partition coefficient (Wildman–Crippen LogP) is 4.04. The van der Waals surface area contributed by atoms with E-state index in [0.29, 0.717) is 6.61 Å². The van der Waals surface area contributed by atoms with Gasteiger partial charge in [0.05, 0.1) is 16.4 Å². The molecular weight excluding hydrogens is 385 g/mol. The first kappa shape index (κ1) is 13.8. The molecule has 0 fully saturated rings. The summed E-state index contributed by atoms with van der Waals surface area (Å²) in [5.74, 6) is 0.773. The van der Waals surface area contributed by atoms with Crippen LogP contribution in [0.5, 0.6) is 5.75 Å². The zero-order chi connectivity index (χ0) is 12.0. The van der Waals surface area contributed by atoms with Gasteiger partial charge in [-0.3, -0.25) is 0 Å². The first-order valence-electron chi connectivity index (χ1n) is 4.98. The van der Waals surface area contributed by atoms with E-state index in [0.717, 1.165) is 32.2 Å². The maximum Gasteiger partial charge on any atom is 0.141 e. The van der Waals surface area contributed by atoms with Gasteiger partial charge in [-0.1, -0.05) is 34.4 Å². The second kappa shape index (κ2) is 7.11. The quantitative estimate of drug-likeness (QED) is 0.268. The van der Waals surface area contributed by atoms with E-state index in [1.807, 2.05) is 12.1 Å². The van der Waals surface area contributed by atoms with Crippen LogP contribution in [0.1, 0.15) is 25.3 Å². The number of halogens is 2. The summed E-state index contributed by atoms with van der Waals surface area (Å²) in [5, 5.41) is 11.6. The Labute approximate surface area is 117 Å². The first-order valence-corrected chi connectivity index (χ1v) is 6.85. The van der Waals surface area contributed by atoms with Crippen LogP contribution >= 0.6 is 38.5 Å². The summed E-state index contributed by atoms with van der Waals surface area (Å²) in [5.41, 5.74) is 0.775. The average molecular weight is 398 g/mol. The summed E-state index contributed by atoms with van der Waals surface area (Å²) in [6, 6.07) is 3.83. The summed E-state index contributed by atoms with van der Waals surface area (Å²) >= 11 is 5.60. The Morgan fingerprint density at radius 3 is 2.94 bits per heavy atom. The lowest BCUT2D eigenvalue weighted by Crippen LogP contribution is -2.01. The van der Waals surface area contributed by atoms with Crippen molar-refractivity contribution in [2.24, 2.45) is 5.16 Å². The van der Waals surface area contributed by atoms with Crippen LogP contribution < -0.4 is 4.74 Å². The van der Waals surface area contributed by atoms with Crippen molar-refractivity contribution in [1.82, 2.24) is 0 Å². The Hall–Kier alpha value is -0.300. The zero-order valence-corrected chi connectivity index (χ0v) is 12.7. The molecule has 0 saturated carbocycles. The number of nitrogens with zero attached hydrogens (tertiary/aromatic N) is 1. The standard InChI is InChI=1S/C11H13BrINO2/c1-2-3-4-16-11-8(7-14-15)5-9(12)6-10(11)13/h5-7,15H,2-4H2,1H3/b14-7+. The second-order valence-corrected chi connectivity index (χ2v) is 5.33. The van der Waals surface area contributed by atoms with Gasteiger partial charge in [0.1, 0.15) is 5.75 Å². The van der Waals surface area contributed by atoms with Gasteiger partial charge >= 0.3 is 0 Å². The highest BCUT2D eigenvalue weighted by molar-refractivity contribution is 14.1. The largest absolute Gasteiger partial charge is 0.492 e. The molecule has 0 aromatic heterocycles. The van der Waals surface area contributed by atoms with E-state index < -0.39 is 0 Å². The normalized spacial score (nSPS) is 10.9. The lowest BCUT2D eigenvalue weighted by atomic mass is 10.2. The molecule has 0 aliphatic carbocycles. The molecular formula is C11H13BrINO2. The molecule has 16 heavy (non-hydrogen) atoms. The number of rotatable bonds is 5. The predicted molar refractivity (Wildman–Crippen MR) is 76.6 cm³/mol. The van der Waals surface area contributed by atoms with E-state index in [4.69, 9.17) is 9.94 Å². The molecule has 0 aliphatic heterocycles. The number of hydrogen-bond acceptors (Lipinski definition) is 3. The van der Waals surface area contributed by atoms with Crippen molar-refractivity contribution in [3.05, 3.63) is 25.7 Å². The van der Waals surface area contributed by atoms with E-state index in [2.05, 4.69) is 50.6 Å². The van der Waals surface area contributed by atoms with E-state index in [9.17, 15) is 0 Å². The SMILES string of the molecule is CCCCOc1c(I)cc(Br)cc1/C=N/O. The summed E-state index contributed by atoms with van der Waals surface area (Å²) in [4.78, 5) is 0. The molecule has 0 heterocycles. The molecule has 0 spiro atoms. The Bertz CT molecular complexity index is 382. The maximum atomic E-state index is 8.59. The molecule has 0 saturated heterocycles. The third kappa shape index (κ3) is 3.93. The van der Waals surface area contributed by atoms with E-state index in [1.165, 1.54) is 6.21 Å². The van der Waals surface area contributed by atoms with E-state index in [1.54, 1.807) is 0 Å². The molecule has 0 aliphatic rings. The van der Waals surface area contributed by atoms with Crippen LogP contribution in [-0.2, 0) is 0 Å². The highest BCUT2D eigenvalue weighted by atomic mass is 127. The van der Waals surface area contributed by atoms with Gasteiger partial charge in [-0.05, 0) is 41.1 Å². The molecule has 0 bridgehead atoms. The number of unbranched alkanes of at least 4 members (excludes halogenated alkanes) is 1. The van der Waals surface area contributed by atoms with Crippen molar-refractivity contribution in [3.63, 3.8) is 0 Å². The molecule has 1 rings (SSSR count). The highest BCUT2D eigenvalue weighted by Crippen LogP contribution is 2.29. The van der Waals surface area contributed by atoms with Gasteiger partial charge in [0.2, 0.25) is 0 Å². The summed E-state index contributed by atoms with van der Waals surface area (Å²) in [6.07, 6.45) is 3.49. The third-order valence-corrected chi connectivity index (χ3v) is 3.24. The van der Waals surface area contributed by atoms with Crippen LogP contribution in [0.2, 0.25) is 0 Å². The molecule has 0 atom stereocenters. The summed E-state index contributed by atoms with van der Waals surface area (Å²) in [7, 11) is 0. The Balaban J connectivity index is 2.94. The first-order chi connectivity index (χ1) is 7.69. The van der Waals surface area contributed by atoms with Crippen molar-refractivity contribution >= 4 is 44.7 Å². The highest BCUT2D eigenvalue weighted by Gasteiger charge is 2.08.